The van der Waals surface area contributed by atoms with Crippen molar-refractivity contribution in [3.05, 3.63) is 114 Å². The van der Waals surface area contributed by atoms with Gasteiger partial charge < -0.3 is 19.5 Å². The highest BCUT2D eigenvalue weighted by Crippen LogP contribution is 2.40. The van der Waals surface area contributed by atoms with Crippen molar-refractivity contribution >= 4 is 11.7 Å². The third-order valence-electron chi connectivity index (χ3n) is 7.48. The molecule has 0 radical (unpaired) electrons. The Kier molecular flexibility index (Phi) is 8.20. The van der Waals surface area contributed by atoms with Gasteiger partial charge in [0, 0.05) is 23.4 Å². The van der Waals surface area contributed by atoms with Crippen molar-refractivity contribution in [2.75, 3.05) is 18.2 Å². The SMILES string of the molecule is CC(C)Cc1ccc(OC(=O)c2ccc(OCCn3nnc4c3-c3ccccc3N(CO)Cc3ccccc3-4)cc2)cc1. The number of aliphatic hydroxyl groups is 1. The Morgan fingerprint density at radius 3 is 2.33 bits per heavy atom. The molecule has 0 saturated carbocycles. The molecular formula is C35H34N4O4. The first-order chi connectivity index (χ1) is 21.0. The van der Waals surface area contributed by atoms with Crippen LogP contribution in [0.4, 0.5) is 5.69 Å². The lowest BCUT2D eigenvalue weighted by atomic mass is 9.96. The average Bonchev–Trinajstić information content (AvgIpc) is 3.43. The van der Waals surface area contributed by atoms with E-state index >= 15 is 0 Å². The fourth-order valence-electron chi connectivity index (χ4n) is 5.44. The van der Waals surface area contributed by atoms with Crippen molar-refractivity contribution in [1.29, 1.82) is 0 Å². The maximum Gasteiger partial charge on any atom is 0.343 e. The number of para-hydroxylation sites is 1. The maximum absolute atomic E-state index is 12.7. The monoisotopic (exact) mass is 574 g/mol. The molecule has 218 valence electrons. The van der Waals surface area contributed by atoms with Gasteiger partial charge >= 0.3 is 5.97 Å². The van der Waals surface area contributed by atoms with Gasteiger partial charge in [0.25, 0.3) is 0 Å². The van der Waals surface area contributed by atoms with E-state index in [-0.39, 0.29) is 6.73 Å². The molecular weight excluding hydrogens is 540 g/mol. The highest BCUT2D eigenvalue weighted by atomic mass is 16.5. The Balaban J connectivity index is 1.15. The van der Waals surface area contributed by atoms with Crippen LogP contribution in [0.15, 0.2) is 97.1 Å². The number of aromatic nitrogens is 3. The van der Waals surface area contributed by atoms with Gasteiger partial charge in [-0.05, 0) is 65.9 Å². The first-order valence-electron chi connectivity index (χ1n) is 14.5. The highest BCUT2D eigenvalue weighted by molar-refractivity contribution is 5.91. The second kappa shape index (κ2) is 12.5. The molecule has 0 amide bonds. The second-order valence-corrected chi connectivity index (χ2v) is 11.0. The summed E-state index contributed by atoms with van der Waals surface area (Å²) >= 11 is 0. The summed E-state index contributed by atoms with van der Waals surface area (Å²) in [7, 11) is 0. The van der Waals surface area contributed by atoms with Gasteiger partial charge in [0.2, 0.25) is 0 Å². The molecule has 0 unspecified atom stereocenters. The third kappa shape index (κ3) is 6.15. The molecule has 8 nitrogen and oxygen atoms in total. The van der Waals surface area contributed by atoms with E-state index in [9.17, 15) is 9.90 Å². The number of carbonyl (C=O) groups excluding carboxylic acids is 1. The molecule has 1 N–H and O–H groups in total. The fraction of sp³-hybridized carbons (Fsp3) is 0.229. The Labute approximate surface area is 251 Å². The lowest BCUT2D eigenvalue weighted by Gasteiger charge is -2.28. The van der Waals surface area contributed by atoms with E-state index in [4.69, 9.17) is 9.47 Å². The van der Waals surface area contributed by atoms with Crippen LogP contribution in [0.1, 0.15) is 35.3 Å². The van der Waals surface area contributed by atoms with Crippen molar-refractivity contribution in [3.63, 3.8) is 0 Å². The highest BCUT2D eigenvalue weighted by Gasteiger charge is 2.26. The van der Waals surface area contributed by atoms with Gasteiger partial charge in [-0.2, -0.15) is 0 Å². The summed E-state index contributed by atoms with van der Waals surface area (Å²) < 4.78 is 13.4. The van der Waals surface area contributed by atoms with E-state index in [1.165, 1.54) is 5.56 Å². The largest absolute Gasteiger partial charge is 0.492 e. The number of fused-ring (bicyclic) bond motifs is 5. The quantitative estimate of drug-likeness (QED) is 0.161. The van der Waals surface area contributed by atoms with Crippen molar-refractivity contribution in [2.45, 2.75) is 33.4 Å². The number of rotatable bonds is 9. The van der Waals surface area contributed by atoms with Crippen LogP contribution < -0.4 is 14.4 Å². The van der Waals surface area contributed by atoms with E-state index in [2.05, 4.69) is 30.2 Å². The fourth-order valence-corrected chi connectivity index (χ4v) is 5.44. The molecule has 8 heteroatoms. The molecule has 1 aliphatic rings. The molecule has 0 saturated heterocycles. The lowest BCUT2D eigenvalue weighted by Crippen LogP contribution is -2.25. The zero-order valence-corrected chi connectivity index (χ0v) is 24.3. The zero-order valence-electron chi connectivity index (χ0n) is 24.3. The molecule has 0 atom stereocenters. The Morgan fingerprint density at radius 2 is 1.58 bits per heavy atom. The zero-order chi connectivity index (χ0) is 29.8. The number of esters is 1. The predicted octanol–water partition coefficient (Wildman–Crippen LogP) is 6.38. The summed E-state index contributed by atoms with van der Waals surface area (Å²) in [6.07, 6.45) is 0.985. The summed E-state index contributed by atoms with van der Waals surface area (Å²) in [5.74, 6) is 1.30. The Bertz CT molecular complexity index is 1710. The Morgan fingerprint density at radius 1 is 0.884 bits per heavy atom. The molecule has 0 fully saturated rings. The van der Waals surface area contributed by atoms with Gasteiger partial charge in [0.05, 0.1) is 17.8 Å². The Hall–Kier alpha value is -4.95. The number of benzene rings is 4. The van der Waals surface area contributed by atoms with Crippen LogP contribution in [0.5, 0.6) is 11.5 Å². The molecule has 1 aromatic heterocycles. The number of hydrogen-bond donors (Lipinski definition) is 1. The second-order valence-electron chi connectivity index (χ2n) is 11.0. The summed E-state index contributed by atoms with van der Waals surface area (Å²) in [6.45, 7) is 5.60. The van der Waals surface area contributed by atoms with E-state index in [1.54, 1.807) is 24.3 Å². The minimum absolute atomic E-state index is 0.112. The smallest absolute Gasteiger partial charge is 0.343 e. The van der Waals surface area contributed by atoms with E-state index in [0.717, 1.165) is 40.2 Å². The number of ether oxygens (including phenoxy) is 2. The molecule has 0 spiro atoms. The van der Waals surface area contributed by atoms with Crippen molar-refractivity contribution in [2.24, 2.45) is 5.92 Å². The van der Waals surface area contributed by atoms with Crippen LogP contribution in [0.2, 0.25) is 0 Å². The number of hydrogen-bond acceptors (Lipinski definition) is 7. The molecule has 0 bridgehead atoms. The molecule has 0 aliphatic carbocycles. The third-order valence-corrected chi connectivity index (χ3v) is 7.48. The van der Waals surface area contributed by atoms with Crippen LogP contribution in [-0.2, 0) is 19.5 Å². The average molecular weight is 575 g/mol. The van der Waals surface area contributed by atoms with Crippen LogP contribution in [0.3, 0.4) is 0 Å². The van der Waals surface area contributed by atoms with Crippen LogP contribution in [0, 0.1) is 5.92 Å². The van der Waals surface area contributed by atoms with Crippen LogP contribution >= 0.6 is 0 Å². The minimum atomic E-state index is -0.416. The number of anilines is 1. The molecule has 43 heavy (non-hydrogen) atoms. The first kappa shape index (κ1) is 28.2. The van der Waals surface area contributed by atoms with Crippen LogP contribution in [-0.4, -0.2) is 39.4 Å². The molecule has 6 rings (SSSR count). The summed E-state index contributed by atoms with van der Waals surface area (Å²) in [4.78, 5) is 14.6. The summed E-state index contributed by atoms with van der Waals surface area (Å²) in [5.41, 5.74) is 7.26. The molecule has 5 aromatic rings. The van der Waals surface area contributed by atoms with Gasteiger partial charge in [0.1, 0.15) is 30.5 Å². The molecule has 2 heterocycles. The normalized spacial score (nSPS) is 12.1. The molecule has 4 aromatic carbocycles. The van der Waals surface area contributed by atoms with Crippen molar-refractivity contribution in [1.82, 2.24) is 15.0 Å². The van der Waals surface area contributed by atoms with Gasteiger partial charge in [-0.1, -0.05) is 73.7 Å². The maximum atomic E-state index is 12.7. The predicted molar refractivity (Wildman–Crippen MR) is 166 cm³/mol. The molecule has 1 aliphatic heterocycles. The van der Waals surface area contributed by atoms with Crippen molar-refractivity contribution in [3.8, 4) is 34.0 Å². The first-order valence-corrected chi connectivity index (χ1v) is 14.5. The standard InChI is InChI=1S/C35H34N4O4/c1-24(2)21-25-11-15-29(16-12-25)43-35(41)26-13-17-28(18-14-26)42-20-19-39-34-31-9-5-6-10-32(31)38(23-40)22-27-7-3-4-8-30(27)33(34)36-37-39/h3-18,24,40H,19-23H2,1-2H3. The van der Waals surface area contributed by atoms with Gasteiger partial charge in [-0.3, -0.25) is 0 Å². The summed E-state index contributed by atoms with van der Waals surface area (Å²) in [5, 5.41) is 19.3. The van der Waals surface area contributed by atoms with Crippen molar-refractivity contribution < 1.29 is 19.4 Å². The van der Waals surface area contributed by atoms with Gasteiger partial charge in [-0.25, -0.2) is 9.48 Å². The summed E-state index contributed by atoms with van der Waals surface area (Å²) in [6, 6.07) is 30.7. The topological polar surface area (TPSA) is 89.7 Å². The van der Waals surface area contributed by atoms with Gasteiger partial charge in [-0.15, -0.1) is 5.10 Å². The lowest BCUT2D eigenvalue weighted by molar-refractivity contribution is 0.0734. The number of aliphatic hydroxyl groups excluding tert-OH is 1. The van der Waals surface area contributed by atoms with E-state index < -0.39 is 5.97 Å². The van der Waals surface area contributed by atoms with Gasteiger partial charge in [0.15, 0.2) is 0 Å². The minimum Gasteiger partial charge on any atom is -0.492 e. The van der Waals surface area contributed by atoms with Crippen LogP contribution in [0.25, 0.3) is 22.5 Å². The number of nitrogens with zero attached hydrogens (tertiary/aromatic N) is 4. The van der Waals surface area contributed by atoms with E-state index in [0.29, 0.717) is 42.7 Å². The number of carbonyl (C=O) groups is 1. The van der Waals surface area contributed by atoms with E-state index in [1.807, 2.05) is 76.3 Å².